The summed E-state index contributed by atoms with van der Waals surface area (Å²) in [5.41, 5.74) is 0. The minimum Gasteiger partial charge on any atom is -0.0344 e. The van der Waals surface area contributed by atoms with E-state index >= 15 is 0 Å². The highest BCUT2D eigenvalue weighted by atomic mass is 32.3. The van der Waals surface area contributed by atoms with Crippen LogP contribution in [0.2, 0.25) is 0 Å². The summed E-state index contributed by atoms with van der Waals surface area (Å²) in [7, 11) is 6.17. The van der Waals surface area contributed by atoms with E-state index in [9.17, 15) is 0 Å². The van der Waals surface area contributed by atoms with Gasteiger partial charge in [-0.3, -0.25) is 0 Å². The van der Waals surface area contributed by atoms with Gasteiger partial charge in [0, 0.05) is 0 Å². The highest BCUT2D eigenvalue weighted by molar-refractivity contribution is 8.30. The van der Waals surface area contributed by atoms with Gasteiger partial charge in [-0.25, -0.2) is 0 Å². The van der Waals surface area contributed by atoms with Crippen molar-refractivity contribution in [3.8, 4) is 0 Å². The summed E-state index contributed by atoms with van der Waals surface area (Å²) in [5, 5.41) is 3.15. The van der Waals surface area contributed by atoms with Gasteiger partial charge in [0.15, 0.2) is 0 Å². The standard InChI is InChI=1S/C4H6P4/c1-3-4(2)6-8-7-5-3/h1-2H3. The number of hydrogen-bond donors (Lipinski definition) is 0. The summed E-state index contributed by atoms with van der Waals surface area (Å²) >= 11 is 0. The molecule has 0 aliphatic carbocycles. The molecule has 0 aromatic carbocycles. The van der Waals surface area contributed by atoms with E-state index in [4.69, 9.17) is 0 Å². The summed E-state index contributed by atoms with van der Waals surface area (Å²) in [6.45, 7) is 4.46. The predicted octanol–water partition coefficient (Wildman–Crippen LogP) is 4.62. The van der Waals surface area contributed by atoms with Crippen molar-refractivity contribution < 1.29 is 0 Å². The predicted molar refractivity (Wildman–Crippen MR) is 46.0 cm³/mol. The van der Waals surface area contributed by atoms with Gasteiger partial charge in [-0.1, -0.05) is 0 Å². The molecule has 4 heteroatoms. The maximum Gasteiger partial charge on any atom is -0.00552 e. The molecule has 1 rings (SSSR count). The van der Waals surface area contributed by atoms with Gasteiger partial charge in [-0.05, 0) is 55.3 Å². The van der Waals surface area contributed by atoms with Gasteiger partial charge >= 0.3 is 0 Å². The molecule has 0 saturated carbocycles. The molecule has 1 heterocycles. The van der Waals surface area contributed by atoms with Crippen LogP contribution in [0.4, 0.5) is 0 Å². The van der Waals surface area contributed by atoms with E-state index in [1.165, 1.54) is 15.7 Å². The lowest BCUT2D eigenvalue weighted by Crippen LogP contribution is -1.60. The molecule has 42 valence electrons. The van der Waals surface area contributed by atoms with E-state index in [1.807, 2.05) is 0 Å². The van der Waals surface area contributed by atoms with E-state index in [0.29, 0.717) is 0 Å². The zero-order valence-electron chi connectivity index (χ0n) is 4.79. The normalized spacial score (nSPS) is 13.2. The minimum atomic E-state index is 1.52. The maximum atomic E-state index is 2.23. The van der Waals surface area contributed by atoms with Crippen molar-refractivity contribution >= 4 is 30.8 Å². The van der Waals surface area contributed by atoms with Crippen molar-refractivity contribution in [2.45, 2.75) is 13.8 Å². The first kappa shape index (κ1) is 7.05. The van der Waals surface area contributed by atoms with Crippen LogP contribution in [0.15, 0.2) is 0 Å². The zero-order chi connectivity index (χ0) is 5.98. The molecular weight excluding hydrogens is 172 g/mol. The molecule has 0 spiro atoms. The largest absolute Gasteiger partial charge is 0.0344 e. The third-order valence-corrected chi connectivity index (χ3v) is 9.73. The van der Waals surface area contributed by atoms with Crippen LogP contribution >= 0.6 is 30.8 Å². The SMILES string of the molecule is Cc1ppppc1C. The molecule has 0 fully saturated rings. The zero-order valence-corrected chi connectivity index (χ0v) is 8.37. The average molecular weight is 178 g/mol. The van der Waals surface area contributed by atoms with E-state index < -0.39 is 0 Å². The molecule has 0 N–H and O–H groups in total. The Kier molecular flexibility index (Phi) is 2.82. The molecular formula is C4H6P4. The molecule has 0 nitrogen and oxygen atoms in total. The lowest BCUT2D eigenvalue weighted by atomic mass is 10.5. The molecule has 0 atom stereocenters. The molecule has 0 aliphatic heterocycles. The van der Waals surface area contributed by atoms with Gasteiger partial charge in [0.25, 0.3) is 0 Å². The summed E-state index contributed by atoms with van der Waals surface area (Å²) in [6, 6.07) is 0. The van der Waals surface area contributed by atoms with Crippen molar-refractivity contribution in [3.63, 3.8) is 0 Å². The van der Waals surface area contributed by atoms with Crippen molar-refractivity contribution in [3.05, 3.63) is 10.6 Å². The first-order chi connectivity index (χ1) is 3.80. The molecule has 8 heavy (non-hydrogen) atoms. The summed E-state index contributed by atoms with van der Waals surface area (Å²) in [4.78, 5) is 0. The molecule has 0 saturated heterocycles. The van der Waals surface area contributed by atoms with Gasteiger partial charge in [0.05, 0.1) is 0 Å². The molecule has 0 bridgehead atoms. The van der Waals surface area contributed by atoms with Crippen molar-refractivity contribution in [2.75, 3.05) is 0 Å². The lowest BCUT2D eigenvalue weighted by Gasteiger charge is -1.90. The van der Waals surface area contributed by atoms with Crippen LogP contribution in [0, 0.1) is 13.8 Å². The van der Waals surface area contributed by atoms with E-state index in [-0.39, 0.29) is 0 Å². The molecule has 0 amide bonds. The molecule has 1 aromatic heterocycles. The molecule has 1 aromatic rings. The Hall–Kier alpha value is 0.940. The quantitative estimate of drug-likeness (QED) is 0.543. The van der Waals surface area contributed by atoms with Crippen LogP contribution < -0.4 is 0 Å². The smallest absolute Gasteiger partial charge is 0.00552 e. The van der Waals surface area contributed by atoms with Crippen LogP contribution in [-0.2, 0) is 0 Å². The van der Waals surface area contributed by atoms with Crippen LogP contribution in [0.3, 0.4) is 0 Å². The fraction of sp³-hybridized carbons (Fsp3) is 0.500. The Bertz CT molecular complexity index is 164. The average Bonchev–Trinajstić information content (AvgIpc) is 1.77. The third-order valence-electron chi connectivity index (χ3n) is 0.953. The topological polar surface area (TPSA) is 0 Å². The van der Waals surface area contributed by atoms with Gasteiger partial charge in [0.1, 0.15) is 0 Å². The number of hydrogen-bond acceptors (Lipinski definition) is 0. The second-order valence-corrected chi connectivity index (χ2v) is 9.14. The Morgan fingerprint density at radius 3 is 1.50 bits per heavy atom. The molecule has 0 radical (unpaired) electrons. The van der Waals surface area contributed by atoms with E-state index in [2.05, 4.69) is 13.8 Å². The highest BCUT2D eigenvalue weighted by Gasteiger charge is 1.87. The monoisotopic (exact) mass is 178 g/mol. The Morgan fingerprint density at radius 2 is 1.25 bits per heavy atom. The van der Waals surface area contributed by atoms with Crippen molar-refractivity contribution in [1.29, 1.82) is 0 Å². The highest BCUT2D eigenvalue weighted by Crippen LogP contribution is 2.42. The van der Waals surface area contributed by atoms with Crippen molar-refractivity contribution in [2.24, 2.45) is 0 Å². The van der Waals surface area contributed by atoms with Crippen molar-refractivity contribution in [1.82, 2.24) is 0 Å². The van der Waals surface area contributed by atoms with Crippen LogP contribution in [-0.4, -0.2) is 0 Å². The van der Waals surface area contributed by atoms with Gasteiger partial charge in [-0.2, -0.15) is 0 Å². The maximum absolute atomic E-state index is 2.23. The fourth-order valence-electron chi connectivity index (χ4n) is 0.319. The van der Waals surface area contributed by atoms with E-state index in [0.717, 1.165) is 0 Å². The summed E-state index contributed by atoms with van der Waals surface area (Å²) in [5.74, 6) is 0. The molecule has 0 aliphatic rings. The van der Waals surface area contributed by atoms with Gasteiger partial charge < -0.3 is 0 Å². The second-order valence-electron chi connectivity index (χ2n) is 1.55. The first-order valence-electron chi connectivity index (χ1n) is 2.30. The first-order valence-corrected chi connectivity index (χ1v) is 7.99. The summed E-state index contributed by atoms with van der Waals surface area (Å²) < 4.78 is 0. The number of aryl methyl sites for hydroxylation is 2. The van der Waals surface area contributed by atoms with Gasteiger partial charge in [-0.15, -0.1) is 0 Å². The Labute approximate surface area is 55.8 Å². The summed E-state index contributed by atoms with van der Waals surface area (Å²) in [6.07, 6.45) is 0. The molecule has 0 unspecified atom stereocenters. The lowest BCUT2D eigenvalue weighted by molar-refractivity contribution is 1.51. The van der Waals surface area contributed by atoms with Gasteiger partial charge in [0.2, 0.25) is 0 Å². The fourth-order valence-corrected chi connectivity index (χ4v) is 8.97. The van der Waals surface area contributed by atoms with Crippen LogP contribution in [0.1, 0.15) is 10.6 Å². The van der Waals surface area contributed by atoms with Crippen LogP contribution in [0.25, 0.3) is 0 Å². The Morgan fingerprint density at radius 1 is 0.875 bits per heavy atom. The van der Waals surface area contributed by atoms with E-state index in [1.54, 1.807) is 25.7 Å². The second kappa shape index (κ2) is 3.20. The third kappa shape index (κ3) is 1.72. The Balaban J connectivity index is 3.13. The minimum absolute atomic E-state index is 1.52. The number of rotatable bonds is 0. The van der Waals surface area contributed by atoms with Crippen LogP contribution in [0.5, 0.6) is 0 Å².